The highest BCUT2D eigenvalue weighted by Gasteiger charge is 2.25. The van der Waals surface area contributed by atoms with Gasteiger partial charge in [-0.15, -0.1) is 11.3 Å². The molecule has 2 atom stereocenters. The minimum absolute atomic E-state index is 0.386. The van der Waals surface area contributed by atoms with Crippen molar-refractivity contribution in [1.29, 1.82) is 0 Å². The second-order valence-electron chi connectivity index (χ2n) is 5.18. The van der Waals surface area contributed by atoms with Crippen LogP contribution in [0.3, 0.4) is 0 Å². The Bertz CT molecular complexity index is 489. The van der Waals surface area contributed by atoms with Crippen molar-refractivity contribution in [2.45, 2.75) is 32.4 Å². The molecule has 4 nitrogen and oxygen atoms in total. The summed E-state index contributed by atoms with van der Waals surface area (Å²) in [6.07, 6.45) is 6.50. The molecule has 2 aromatic heterocycles. The van der Waals surface area contributed by atoms with Crippen molar-refractivity contribution in [3.05, 3.63) is 23.5 Å². The number of nitrogens with zero attached hydrogens (tertiary/aromatic N) is 3. The Hall–Kier alpha value is -0.910. The average molecular weight is 264 g/mol. The number of imidazole rings is 1. The molecule has 1 fully saturated rings. The van der Waals surface area contributed by atoms with Crippen LogP contribution in [0.15, 0.2) is 17.8 Å². The van der Waals surface area contributed by atoms with Crippen LogP contribution in [0.1, 0.15) is 25.5 Å². The van der Waals surface area contributed by atoms with Gasteiger partial charge in [-0.1, -0.05) is 13.3 Å². The van der Waals surface area contributed by atoms with Gasteiger partial charge in [0.25, 0.3) is 0 Å². The van der Waals surface area contributed by atoms with Gasteiger partial charge < -0.3 is 5.73 Å². The third-order valence-electron chi connectivity index (χ3n) is 3.93. The van der Waals surface area contributed by atoms with Crippen LogP contribution >= 0.6 is 11.3 Å². The molecule has 0 saturated carbocycles. The predicted octanol–water partition coefficient (Wildman–Crippen LogP) is 1.96. The van der Waals surface area contributed by atoms with Crippen molar-refractivity contribution in [1.82, 2.24) is 14.3 Å². The van der Waals surface area contributed by atoms with Crippen LogP contribution in [0.25, 0.3) is 4.96 Å². The molecule has 2 aromatic rings. The van der Waals surface area contributed by atoms with Gasteiger partial charge >= 0.3 is 0 Å². The quantitative estimate of drug-likeness (QED) is 0.922. The van der Waals surface area contributed by atoms with E-state index in [4.69, 9.17) is 5.73 Å². The lowest BCUT2D eigenvalue weighted by molar-refractivity contribution is 0.144. The normalized spacial score (nSPS) is 25.9. The second kappa shape index (κ2) is 4.99. The van der Waals surface area contributed by atoms with Gasteiger partial charge in [-0.2, -0.15) is 0 Å². The van der Waals surface area contributed by atoms with E-state index in [0.717, 1.165) is 31.0 Å². The summed E-state index contributed by atoms with van der Waals surface area (Å²) >= 11 is 1.69. The van der Waals surface area contributed by atoms with Crippen molar-refractivity contribution in [3.63, 3.8) is 0 Å². The van der Waals surface area contributed by atoms with E-state index in [1.54, 1.807) is 11.3 Å². The van der Waals surface area contributed by atoms with Crippen molar-refractivity contribution in [3.8, 4) is 0 Å². The lowest BCUT2D eigenvalue weighted by atomic mass is 9.91. The van der Waals surface area contributed by atoms with Crippen molar-refractivity contribution in [2.24, 2.45) is 11.7 Å². The number of hydrogen-bond donors (Lipinski definition) is 1. The van der Waals surface area contributed by atoms with Gasteiger partial charge in [0.15, 0.2) is 4.96 Å². The SMILES string of the molecule is CCC1CN(Cc2cn3ccsc3n2)CCC1N. The van der Waals surface area contributed by atoms with Gasteiger partial charge in [0.1, 0.15) is 0 Å². The Kier molecular flexibility index (Phi) is 3.37. The summed E-state index contributed by atoms with van der Waals surface area (Å²) in [5, 5.41) is 2.07. The smallest absolute Gasteiger partial charge is 0.193 e. The number of hydrogen-bond acceptors (Lipinski definition) is 4. The number of piperidine rings is 1. The Morgan fingerprint density at radius 3 is 3.22 bits per heavy atom. The molecule has 0 radical (unpaired) electrons. The van der Waals surface area contributed by atoms with Crippen LogP contribution in [0.2, 0.25) is 0 Å². The molecular formula is C13H20N4S. The molecule has 2 N–H and O–H groups in total. The Labute approximate surface area is 111 Å². The summed E-state index contributed by atoms with van der Waals surface area (Å²) in [6.45, 7) is 5.41. The van der Waals surface area contributed by atoms with Crippen LogP contribution in [0, 0.1) is 5.92 Å². The molecule has 18 heavy (non-hydrogen) atoms. The summed E-state index contributed by atoms with van der Waals surface area (Å²) < 4.78 is 2.10. The van der Waals surface area contributed by atoms with Gasteiger partial charge in [0.2, 0.25) is 0 Å². The Balaban J connectivity index is 1.67. The molecule has 0 spiro atoms. The maximum absolute atomic E-state index is 6.15. The lowest BCUT2D eigenvalue weighted by Crippen LogP contribution is -2.46. The summed E-state index contributed by atoms with van der Waals surface area (Å²) in [4.78, 5) is 8.22. The van der Waals surface area contributed by atoms with Gasteiger partial charge in [-0.3, -0.25) is 9.30 Å². The lowest BCUT2D eigenvalue weighted by Gasteiger charge is -2.36. The molecule has 1 saturated heterocycles. The first-order valence-corrected chi connectivity index (χ1v) is 7.53. The molecule has 1 aliphatic rings. The number of rotatable bonds is 3. The van der Waals surface area contributed by atoms with Gasteiger partial charge in [-0.05, 0) is 12.3 Å². The molecule has 0 amide bonds. The summed E-state index contributed by atoms with van der Waals surface area (Å²) in [5.41, 5.74) is 7.32. The van der Waals surface area contributed by atoms with E-state index in [2.05, 4.69) is 39.0 Å². The van der Waals surface area contributed by atoms with Crippen molar-refractivity contribution < 1.29 is 0 Å². The number of thiazole rings is 1. The summed E-state index contributed by atoms with van der Waals surface area (Å²) in [5.74, 6) is 0.641. The molecule has 0 bridgehead atoms. The maximum Gasteiger partial charge on any atom is 0.193 e. The first-order chi connectivity index (χ1) is 8.76. The van der Waals surface area contributed by atoms with Crippen LogP contribution in [0.4, 0.5) is 0 Å². The predicted molar refractivity (Wildman–Crippen MR) is 74.7 cm³/mol. The Morgan fingerprint density at radius 1 is 1.56 bits per heavy atom. The minimum atomic E-state index is 0.386. The summed E-state index contributed by atoms with van der Waals surface area (Å²) in [6, 6.07) is 0.386. The molecule has 5 heteroatoms. The molecule has 98 valence electrons. The van der Waals surface area contributed by atoms with Crippen molar-refractivity contribution >= 4 is 16.3 Å². The number of likely N-dealkylation sites (tertiary alicyclic amines) is 1. The minimum Gasteiger partial charge on any atom is -0.327 e. The van der Waals surface area contributed by atoms with E-state index >= 15 is 0 Å². The standard InChI is InChI=1S/C13H20N4S/c1-2-10-7-16(4-3-12(10)14)8-11-9-17-5-6-18-13(17)15-11/h5-6,9-10,12H,2-4,7-8,14H2,1H3. The molecule has 0 aliphatic carbocycles. The topological polar surface area (TPSA) is 46.6 Å². The van der Waals surface area contributed by atoms with E-state index in [1.165, 1.54) is 12.1 Å². The van der Waals surface area contributed by atoms with E-state index in [9.17, 15) is 0 Å². The first-order valence-electron chi connectivity index (χ1n) is 6.65. The number of fused-ring (bicyclic) bond motifs is 1. The van der Waals surface area contributed by atoms with E-state index in [1.807, 2.05) is 0 Å². The second-order valence-corrected chi connectivity index (χ2v) is 6.05. The van der Waals surface area contributed by atoms with Crippen molar-refractivity contribution in [2.75, 3.05) is 13.1 Å². The molecular weight excluding hydrogens is 244 g/mol. The van der Waals surface area contributed by atoms with Crippen LogP contribution in [0.5, 0.6) is 0 Å². The van der Waals surface area contributed by atoms with Crippen LogP contribution < -0.4 is 5.73 Å². The van der Waals surface area contributed by atoms with E-state index < -0.39 is 0 Å². The van der Waals surface area contributed by atoms with Gasteiger partial charge in [0, 0.05) is 43.4 Å². The zero-order valence-corrected chi connectivity index (χ0v) is 11.6. The summed E-state index contributed by atoms with van der Waals surface area (Å²) in [7, 11) is 0. The number of aromatic nitrogens is 2. The molecule has 1 aliphatic heterocycles. The Morgan fingerprint density at radius 2 is 2.44 bits per heavy atom. The number of nitrogens with two attached hydrogens (primary N) is 1. The van der Waals surface area contributed by atoms with Crippen LogP contribution in [-0.2, 0) is 6.54 Å². The van der Waals surface area contributed by atoms with Crippen LogP contribution in [-0.4, -0.2) is 33.4 Å². The molecule has 2 unspecified atom stereocenters. The average Bonchev–Trinajstić information content (AvgIpc) is 2.92. The third kappa shape index (κ3) is 2.30. The molecule has 3 heterocycles. The fraction of sp³-hybridized carbons (Fsp3) is 0.615. The van der Waals surface area contributed by atoms with Gasteiger partial charge in [-0.25, -0.2) is 4.98 Å². The maximum atomic E-state index is 6.15. The largest absolute Gasteiger partial charge is 0.327 e. The van der Waals surface area contributed by atoms with E-state index in [0.29, 0.717) is 12.0 Å². The highest BCUT2D eigenvalue weighted by molar-refractivity contribution is 7.15. The first kappa shape index (κ1) is 12.1. The fourth-order valence-electron chi connectivity index (χ4n) is 2.78. The third-order valence-corrected chi connectivity index (χ3v) is 4.70. The highest BCUT2D eigenvalue weighted by atomic mass is 32.1. The monoisotopic (exact) mass is 264 g/mol. The zero-order chi connectivity index (χ0) is 12.5. The van der Waals surface area contributed by atoms with E-state index in [-0.39, 0.29) is 0 Å². The molecule has 3 rings (SSSR count). The molecule has 0 aromatic carbocycles. The van der Waals surface area contributed by atoms with Gasteiger partial charge in [0.05, 0.1) is 5.69 Å². The highest BCUT2D eigenvalue weighted by Crippen LogP contribution is 2.20. The zero-order valence-electron chi connectivity index (χ0n) is 10.7. The fourth-order valence-corrected chi connectivity index (χ4v) is 3.50.